The van der Waals surface area contributed by atoms with E-state index in [0.717, 1.165) is 44.8 Å². The van der Waals surface area contributed by atoms with Gasteiger partial charge in [-0.2, -0.15) is 0 Å². The molecule has 0 aliphatic carbocycles. The summed E-state index contributed by atoms with van der Waals surface area (Å²) >= 11 is 0. The lowest BCUT2D eigenvalue weighted by atomic mass is 10.1. The molecular formula is C22H25F2N3O2. The number of aromatic nitrogens is 1. The van der Waals surface area contributed by atoms with Gasteiger partial charge in [-0.1, -0.05) is 6.07 Å². The maximum atomic E-state index is 13.8. The molecule has 0 saturated carbocycles. The number of pyridine rings is 1. The molecule has 1 aliphatic rings. The summed E-state index contributed by atoms with van der Waals surface area (Å²) in [4.78, 5) is 20.8. The number of amides is 1. The monoisotopic (exact) mass is 401 g/mol. The minimum atomic E-state index is -0.693. The standard InChI is InChI=1S/C22H25F2N3O2/c23-20-3-1-4-21(24)19(20)5-6-22(28)27(17-18-7-9-25-10-8-18)12-2-11-26-13-15-29-16-14-26/h1,3-10H,2,11-17H2/b6-5+. The van der Waals surface area contributed by atoms with Crippen LogP contribution in [0, 0.1) is 11.6 Å². The quantitative estimate of drug-likeness (QED) is 0.638. The van der Waals surface area contributed by atoms with Gasteiger partial charge < -0.3 is 9.64 Å². The Balaban J connectivity index is 1.65. The molecule has 1 fully saturated rings. The van der Waals surface area contributed by atoms with E-state index in [1.54, 1.807) is 17.3 Å². The van der Waals surface area contributed by atoms with Crippen LogP contribution in [0.4, 0.5) is 8.78 Å². The Kier molecular flexibility index (Phi) is 7.84. The second-order valence-electron chi connectivity index (χ2n) is 6.89. The third kappa shape index (κ3) is 6.44. The van der Waals surface area contributed by atoms with Crippen LogP contribution in [0.3, 0.4) is 0 Å². The van der Waals surface area contributed by atoms with Crippen LogP contribution in [0.25, 0.3) is 6.08 Å². The molecule has 1 aliphatic heterocycles. The van der Waals surface area contributed by atoms with E-state index in [2.05, 4.69) is 9.88 Å². The smallest absolute Gasteiger partial charge is 0.246 e. The number of hydrogen-bond acceptors (Lipinski definition) is 4. The highest BCUT2D eigenvalue weighted by molar-refractivity contribution is 5.91. The fourth-order valence-electron chi connectivity index (χ4n) is 3.22. The fraction of sp³-hybridized carbons (Fsp3) is 0.364. The second kappa shape index (κ2) is 10.8. The van der Waals surface area contributed by atoms with Crippen molar-refractivity contribution in [2.45, 2.75) is 13.0 Å². The molecule has 1 aromatic carbocycles. The van der Waals surface area contributed by atoms with Crippen LogP contribution in [-0.4, -0.2) is 60.1 Å². The summed E-state index contributed by atoms with van der Waals surface area (Å²) in [5.74, 6) is -1.67. The van der Waals surface area contributed by atoms with Crippen molar-refractivity contribution in [3.63, 3.8) is 0 Å². The number of benzene rings is 1. The third-order valence-corrected chi connectivity index (χ3v) is 4.83. The lowest BCUT2D eigenvalue weighted by Crippen LogP contribution is -2.38. The summed E-state index contributed by atoms with van der Waals surface area (Å²) in [6, 6.07) is 7.34. The second-order valence-corrected chi connectivity index (χ2v) is 6.89. The zero-order chi connectivity index (χ0) is 20.5. The molecule has 0 spiro atoms. The zero-order valence-corrected chi connectivity index (χ0v) is 16.3. The number of carbonyl (C=O) groups is 1. The Morgan fingerprint density at radius 1 is 1.14 bits per heavy atom. The maximum Gasteiger partial charge on any atom is 0.246 e. The van der Waals surface area contributed by atoms with Crippen molar-refractivity contribution in [2.75, 3.05) is 39.4 Å². The molecule has 1 aromatic heterocycles. The fourth-order valence-corrected chi connectivity index (χ4v) is 3.22. The van der Waals surface area contributed by atoms with E-state index < -0.39 is 11.6 Å². The minimum Gasteiger partial charge on any atom is -0.379 e. The van der Waals surface area contributed by atoms with Crippen molar-refractivity contribution in [1.29, 1.82) is 0 Å². The molecule has 0 atom stereocenters. The van der Waals surface area contributed by atoms with Gasteiger partial charge in [-0.25, -0.2) is 8.78 Å². The number of ether oxygens (including phenoxy) is 1. The van der Waals surface area contributed by atoms with E-state index in [1.165, 1.54) is 30.4 Å². The van der Waals surface area contributed by atoms with E-state index in [1.807, 2.05) is 12.1 Å². The molecular weight excluding hydrogens is 376 g/mol. The van der Waals surface area contributed by atoms with Crippen LogP contribution in [0.2, 0.25) is 0 Å². The third-order valence-electron chi connectivity index (χ3n) is 4.83. The Morgan fingerprint density at radius 3 is 2.52 bits per heavy atom. The zero-order valence-electron chi connectivity index (χ0n) is 16.3. The van der Waals surface area contributed by atoms with Crippen LogP contribution < -0.4 is 0 Å². The van der Waals surface area contributed by atoms with Crippen molar-refractivity contribution >= 4 is 12.0 Å². The Hall–Kier alpha value is -2.64. The molecule has 29 heavy (non-hydrogen) atoms. The van der Waals surface area contributed by atoms with Gasteiger partial charge in [0, 0.05) is 56.8 Å². The predicted molar refractivity (Wildman–Crippen MR) is 107 cm³/mol. The van der Waals surface area contributed by atoms with Crippen LogP contribution in [0.1, 0.15) is 17.5 Å². The Morgan fingerprint density at radius 2 is 1.83 bits per heavy atom. The first-order valence-corrected chi connectivity index (χ1v) is 9.73. The topological polar surface area (TPSA) is 45.7 Å². The number of nitrogens with zero attached hydrogens (tertiary/aromatic N) is 3. The average Bonchev–Trinajstić information content (AvgIpc) is 2.74. The minimum absolute atomic E-state index is 0.210. The van der Waals surface area contributed by atoms with E-state index in [0.29, 0.717) is 13.1 Å². The largest absolute Gasteiger partial charge is 0.379 e. The van der Waals surface area contributed by atoms with Crippen molar-refractivity contribution in [1.82, 2.24) is 14.8 Å². The highest BCUT2D eigenvalue weighted by Crippen LogP contribution is 2.14. The first-order valence-electron chi connectivity index (χ1n) is 9.73. The van der Waals surface area contributed by atoms with Gasteiger partial charge in [0.1, 0.15) is 11.6 Å². The lowest BCUT2D eigenvalue weighted by Gasteiger charge is -2.28. The summed E-state index contributed by atoms with van der Waals surface area (Å²) in [5.41, 5.74) is 0.739. The number of halogens is 2. The lowest BCUT2D eigenvalue weighted by molar-refractivity contribution is -0.126. The Labute approximate surface area is 169 Å². The number of hydrogen-bond donors (Lipinski definition) is 0. The molecule has 2 aromatic rings. The normalized spacial score (nSPS) is 15.0. The van der Waals surface area contributed by atoms with Crippen LogP contribution in [0.15, 0.2) is 48.8 Å². The summed E-state index contributed by atoms with van der Waals surface area (Å²) in [5, 5.41) is 0. The van der Waals surface area contributed by atoms with E-state index in [4.69, 9.17) is 4.74 Å². The summed E-state index contributed by atoms with van der Waals surface area (Å²) in [6.07, 6.45) is 6.59. The van der Waals surface area contributed by atoms with Gasteiger partial charge >= 0.3 is 0 Å². The van der Waals surface area contributed by atoms with E-state index in [-0.39, 0.29) is 11.5 Å². The molecule has 3 rings (SSSR count). The van der Waals surface area contributed by atoms with Crippen molar-refractivity contribution in [2.24, 2.45) is 0 Å². The first-order chi connectivity index (χ1) is 14.1. The molecule has 0 unspecified atom stereocenters. The van der Waals surface area contributed by atoms with E-state index >= 15 is 0 Å². The van der Waals surface area contributed by atoms with Gasteiger partial charge in [0.05, 0.1) is 13.2 Å². The maximum absolute atomic E-state index is 13.8. The highest BCUT2D eigenvalue weighted by Gasteiger charge is 2.15. The molecule has 1 amide bonds. The Bertz CT molecular complexity index is 804. The first kappa shape index (κ1) is 21.1. The van der Waals surface area contributed by atoms with Gasteiger partial charge in [0.25, 0.3) is 0 Å². The van der Waals surface area contributed by atoms with Gasteiger partial charge in [-0.3, -0.25) is 14.7 Å². The van der Waals surface area contributed by atoms with Crippen LogP contribution >= 0.6 is 0 Å². The molecule has 7 heteroatoms. The summed E-state index contributed by atoms with van der Waals surface area (Å²) < 4.78 is 33.0. The van der Waals surface area contributed by atoms with E-state index in [9.17, 15) is 13.6 Å². The molecule has 0 bridgehead atoms. The number of morpholine rings is 1. The van der Waals surface area contributed by atoms with Gasteiger partial charge in [0.2, 0.25) is 5.91 Å². The molecule has 2 heterocycles. The van der Waals surface area contributed by atoms with Crippen molar-refractivity contribution < 1.29 is 18.3 Å². The number of carbonyl (C=O) groups excluding carboxylic acids is 1. The average molecular weight is 401 g/mol. The molecule has 0 radical (unpaired) electrons. The van der Waals surface area contributed by atoms with Crippen molar-refractivity contribution in [3.05, 3.63) is 71.6 Å². The van der Waals surface area contributed by atoms with Crippen LogP contribution in [0.5, 0.6) is 0 Å². The molecule has 1 saturated heterocycles. The molecule has 0 N–H and O–H groups in total. The van der Waals surface area contributed by atoms with Crippen LogP contribution in [-0.2, 0) is 16.1 Å². The van der Waals surface area contributed by atoms with Crippen molar-refractivity contribution in [3.8, 4) is 0 Å². The molecule has 154 valence electrons. The van der Waals surface area contributed by atoms with Gasteiger partial charge in [-0.15, -0.1) is 0 Å². The highest BCUT2D eigenvalue weighted by atomic mass is 19.1. The summed E-state index contributed by atoms with van der Waals surface area (Å²) in [7, 11) is 0. The van der Waals surface area contributed by atoms with Gasteiger partial charge in [-0.05, 0) is 42.3 Å². The SMILES string of the molecule is O=C(/C=C/c1c(F)cccc1F)N(CCCN1CCOCC1)Cc1ccncc1. The number of rotatable bonds is 8. The molecule has 5 nitrogen and oxygen atoms in total. The summed E-state index contributed by atoms with van der Waals surface area (Å²) in [6.45, 7) is 5.08. The van der Waals surface area contributed by atoms with Gasteiger partial charge in [0.15, 0.2) is 0 Å². The predicted octanol–water partition coefficient (Wildman–Crippen LogP) is 3.12.